The fraction of sp³-hybridized carbons (Fsp3) is 0.655. The number of halogens is 1. The summed E-state index contributed by atoms with van der Waals surface area (Å²) >= 11 is 6.01. The molecule has 0 amide bonds. The molecule has 0 heterocycles. The molecule has 4 heteroatoms. The summed E-state index contributed by atoms with van der Waals surface area (Å²) in [6, 6.07) is 10.2. The maximum atomic E-state index is 10.6. The number of unbranched alkanes of at least 4 members (excludes halogenated alkanes) is 1. The van der Waals surface area contributed by atoms with Crippen molar-refractivity contribution in [2.24, 2.45) is 17.8 Å². The average Bonchev–Trinajstić information content (AvgIpc) is 2.80. The van der Waals surface area contributed by atoms with Crippen LogP contribution < -0.4 is 0 Å². The molecule has 0 unspecified atom stereocenters. The molecule has 0 aliphatic heterocycles. The van der Waals surface area contributed by atoms with Gasteiger partial charge in [-0.05, 0) is 74.7 Å². The van der Waals surface area contributed by atoms with Crippen LogP contribution in [0, 0.1) is 17.8 Å². The monoisotopic (exact) mass is 478 g/mol. The van der Waals surface area contributed by atoms with Crippen LogP contribution in [0.25, 0.3) is 0 Å². The SMILES string of the molecule is C=CC[C@@H](O)[C@H](C)CCCC[C@@H](O)[C@H](C)C[C@H](C)CC[C@@H](O)C/C(=C\Cl)Cc1ccccc1. The minimum Gasteiger partial charge on any atom is -0.393 e. The molecule has 0 aliphatic carbocycles. The van der Waals surface area contributed by atoms with Crippen molar-refractivity contribution in [1.29, 1.82) is 0 Å². The first kappa shape index (κ1) is 29.9. The summed E-state index contributed by atoms with van der Waals surface area (Å²) in [5.41, 5.74) is 3.87. The number of benzene rings is 1. The first-order valence-electron chi connectivity index (χ1n) is 12.7. The molecule has 0 aliphatic rings. The summed E-state index contributed by atoms with van der Waals surface area (Å²) in [5, 5.41) is 31.1. The van der Waals surface area contributed by atoms with Gasteiger partial charge in [0.1, 0.15) is 0 Å². The van der Waals surface area contributed by atoms with E-state index < -0.39 is 0 Å². The van der Waals surface area contributed by atoms with Gasteiger partial charge < -0.3 is 15.3 Å². The van der Waals surface area contributed by atoms with Crippen LogP contribution in [0.4, 0.5) is 0 Å². The molecule has 0 bridgehead atoms. The number of hydrogen-bond donors (Lipinski definition) is 3. The average molecular weight is 479 g/mol. The Kier molecular flexibility index (Phi) is 15.7. The van der Waals surface area contributed by atoms with Crippen LogP contribution in [0.15, 0.2) is 54.1 Å². The highest BCUT2D eigenvalue weighted by Gasteiger charge is 2.19. The highest BCUT2D eigenvalue weighted by molar-refractivity contribution is 6.25. The smallest absolute Gasteiger partial charge is 0.0600 e. The second-order valence-corrected chi connectivity index (χ2v) is 10.3. The van der Waals surface area contributed by atoms with Gasteiger partial charge in [0.2, 0.25) is 0 Å². The lowest BCUT2D eigenvalue weighted by Gasteiger charge is -2.23. The van der Waals surface area contributed by atoms with E-state index in [-0.39, 0.29) is 30.1 Å². The zero-order valence-electron chi connectivity index (χ0n) is 21.0. The Morgan fingerprint density at radius 1 is 0.909 bits per heavy atom. The van der Waals surface area contributed by atoms with Crippen LogP contribution >= 0.6 is 11.6 Å². The van der Waals surface area contributed by atoms with Crippen molar-refractivity contribution in [3.05, 3.63) is 59.7 Å². The highest BCUT2D eigenvalue weighted by atomic mass is 35.5. The van der Waals surface area contributed by atoms with Crippen LogP contribution in [0.2, 0.25) is 0 Å². The van der Waals surface area contributed by atoms with E-state index in [2.05, 4.69) is 39.5 Å². The standard InChI is InChI=1S/C29H47ClO3/c1-5-11-28(32)23(3)12-9-10-15-29(33)24(4)18-22(2)16-17-27(31)20-26(21-30)19-25-13-7-6-8-14-25/h5-8,13-14,21-24,27-29,31-33H,1,9-12,15-20H2,2-4H3/b26-21-/t22-,23-,24-,27-,28-,29-/m1/s1. The molecule has 0 aromatic heterocycles. The molecule has 1 rings (SSSR count). The number of aliphatic hydroxyl groups excluding tert-OH is 3. The number of aliphatic hydroxyl groups is 3. The second-order valence-electron chi connectivity index (χ2n) is 10.1. The minimum absolute atomic E-state index is 0.248. The molecular formula is C29H47ClO3. The van der Waals surface area contributed by atoms with Crippen molar-refractivity contribution in [3.8, 4) is 0 Å². The lowest BCUT2D eigenvalue weighted by Crippen LogP contribution is -2.21. The topological polar surface area (TPSA) is 60.7 Å². The summed E-state index contributed by atoms with van der Waals surface area (Å²) in [5.74, 6) is 0.971. The maximum Gasteiger partial charge on any atom is 0.0600 e. The van der Waals surface area contributed by atoms with E-state index in [0.717, 1.165) is 56.9 Å². The zero-order valence-corrected chi connectivity index (χ0v) is 21.8. The van der Waals surface area contributed by atoms with E-state index >= 15 is 0 Å². The molecule has 3 N–H and O–H groups in total. The Labute approximate surface area is 207 Å². The number of rotatable bonds is 18. The molecule has 1 aromatic rings. The highest BCUT2D eigenvalue weighted by Crippen LogP contribution is 2.25. The molecule has 0 saturated carbocycles. The first-order chi connectivity index (χ1) is 15.8. The molecule has 0 saturated heterocycles. The van der Waals surface area contributed by atoms with Gasteiger partial charge in [-0.2, -0.15) is 0 Å². The van der Waals surface area contributed by atoms with Gasteiger partial charge >= 0.3 is 0 Å². The molecule has 0 fully saturated rings. The summed E-state index contributed by atoms with van der Waals surface area (Å²) in [7, 11) is 0. The van der Waals surface area contributed by atoms with E-state index in [4.69, 9.17) is 11.6 Å². The third kappa shape index (κ3) is 13.4. The van der Waals surface area contributed by atoms with Gasteiger partial charge in [0.05, 0.1) is 18.3 Å². The van der Waals surface area contributed by atoms with Crippen LogP contribution in [0.3, 0.4) is 0 Å². The molecule has 188 valence electrons. The van der Waals surface area contributed by atoms with Gasteiger partial charge in [-0.3, -0.25) is 0 Å². The summed E-state index contributed by atoms with van der Waals surface area (Å²) in [6.45, 7) is 10.1. The Bertz CT molecular complexity index is 660. The Balaban J connectivity index is 2.25. The van der Waals surface area contributed by atoms with E-state index in [1.165, 1.54) is 5.56 Å². The van der Waals surface area contributed by atoms with Crippen LogP contribution in [-0.2, 0) is 6.42 Å². The van der Waals surface area contributed by atoms with E-state index in [9.17, 15) is 15.3 Å². The Morgan fingerprint density at radius 2 is 1.58 bits per heavy atom. The maximum absolute atomic E-state index is 10.6. The molecule has 1 aromatic carbocycles. The van der Waals surface area contributed by atoms with Crippen molar-refractivity contribution in [2.45, 2.75) is 103 Å². The summed E-state index contributed by atoms with van der Waals surface area (Å²) < 4.78 is 0. The molecule has 33 heavy (non-hydrogen) atoms. The Hall–Kier alpha value is -1.13. The predicted octanol–water partition coefficient (Wildman–Crippen LogP) is 7.04. The van der Waals surface area contributed by atoms with Crippen LogP contribution in [0.1, 0.15) is 84.1 Å². The fourth-order valence-corrected chi connectivity index (χ4v) is 4.67. The van der Waals surface area contributed by atoms with Crippen molar-refractivity contribution < 1.29 is 15.3 Å². The third-order valence-electron chi connectivity index (χ3n) is 6.82. The van der Waals surface area contributed by atoms with Gasteiger partial charge in [-0.15, -0.1) is 6.58 Å². The largest absolute Gasteiger partial charge is 0.393 e. The van der Waals surface area contributed by atoms with Gasteiger partial charge in [0.25, 0.3) is 0 Å². The van der Waals surface area contributed by atoms with Crippen molar-refractivity contribution in [3.63, 3.8) is 0 Å². The number of hydrogen-bond acceptors (Lipinski definition) is 3. The van der Waals surface area contributed by atoms with Crippen molar-refractivity contribution in [1.82, 2.24) is 0 Å². The summed E-state index contributed by atoms with van der Waals surface area (Å²) in [6.07, 6.45) is 9.25. The fourth-order valence-electron chi connectivity index (χ4n) is 4.50. The van der Waals surface area contributed by atoms with Crippen LogP contribution in [-0.4, -0.2) is 33.6 Å². The molecular weight excluding hydrogens is 432 g/mol. The van der Waals surface area contributed by atoms with Crippen LogP contribution in [0.5, 0.6) is 0 Å². The van der Waals surface area contributed by atoms with E-state index in [1.807, 2.05) is 18.2 Å². The lowest BCUT2D eigenvalue weighted by molar-refractivity contribution is 0.0851. The van der Waals surface area contributed by atoms with Crippen molar-refractivity contribution in [2.75, 3.05) is 0 Å². The summed E-state index contributed by atoms with van der Waals surface area (Å²) in [4.78, 5) is 0. The van der Waals surface area contributed by atoms with E-state index in [0.29, 0.717) is 18.8 Å². The molecule has 0 radical (unpaired) electrons. The quantitative estimate of drug-likeness (QED) is 0.156. The van der Waals surface area contributed by atoms with Gasteiger partial charge in [-0.1, -0.05) is 87.2 Å². The third-order valence-corrected chi connectivity index (χ3v) is 7.13. The lowest BCUT2D eigenvalue weighted by atomic mass is 9.86. The second kappa shape index (κ2) is 17.3. The van der Waals surface area contributed by atoms with Crippen molar-refractivity contribution >= 4 is 11.6 Å². The molecule has 3 nitrogen and oxygen atoms in total. The van der Waals surface area contributed by atoms with E-state index in [1.54, 1.807) is 11.6 Å². The van der Waals surface area contributed by atoms with Gasteiger partial charge in [0.15, 0.2) is 0 Å². The predicted molar refractivity (Wildman–Crippen MR) is 141 cm³/mol. The van der Waals surface area contributed by atoms with Gasteiger partial charge in [-0.25, -0.2) is 0 Å². The minimum atomic E-state index is -0.389. The first-order valence-corrected chi connectivity index (χ1v) is 13.2. The Morgan fingerprint density at radius 3 is 2.21 bits per heavy atom. The normalized spacial score (nSPS) is 17.7. The van der Waals surface area contributed by atoms with Gasteiger partial charge in [0, 0.05) is 5.54 Å². The molecule has 0 spiro atoms. The molecule has 6 atom stereocenters. The zero-order chi connectivity index (χ0) is 24.6.